The Morgan fingerprint density at radius 1 is 0.970 bits per heavy atom. The van der Waals surface area contributed by atoms with Crippen molar-refractivity contribution < 1.29 is 9.59 Å². The highest BCUT2D eigenvalue weighted by Crippen LogP contribution is 2.26. The third kappa shape index (κ3) is 7.26. The molecule has 1 aliphatic carbocycles. The van der Waals surface area contributed by atoms with Crippen LogP contribution in [0.1, 0.15) is 56.6 Å². The summed E-state index contributed by atoms with van der Waals surface area (Å²) in [6, 6.07) is 9.81. The Kier molecular flexibility index (Phi) is 9.75. The minimum atomic E-state index is -0.617. The third-order valence-electron chi connectivity index (χ3n) is 6.03. The summed E-state index contributed by atoms with van der Waals surface area (Å²) in [6.07, 6.45) is 5.95. The van der Waals surface area contributed by atoms with Gasteiger partial charge in [0.1, 0.15) is 6.04 Å². The molecular weight excluding hydrogens is 502 g/mol. The number of carbonyl (C=O) groups excluding carboxylic acids is 2. The van der Waals surface area contributed by atoms with Crippen molar-refractivity contribution in [3.63, 3.8) is 0 Å². The standard InChI is InChI=1S/C25H28Cl4N2O2/c1-2-23(25(33)30-19-6-4-3-5-7-19)31(15-17-9-10-18(26)14-21(17)28)24(32)13-16-8-11-20(27)22(29)12-16/h8-12,14,19,23H,2-7,13,15H2,1H3,(H,30,33). The van der Waals surface area contributed by atoms with Crippen molar-refractivity contribution in [1.82, 2.24) is 10.2 Å². The van der Waals surface area contributed by atoms with Crippen molar-refractivity contribution >= 4 is 58.2 Å². The highest BCUT2D eigenvalue weighted by molar-refractivity contribution is 6.42. The average molecular weight is 530 g/mol. The van der Waals surface area contributed by atoms with Crippen molar-refractivity contribution in [3.8, 4) is 0 Å². The lowest BCUT2D eigenvalue weighted by Crippen LogP contribution is -2.52. The predicted octanol–water partition coefficient (Wildman–Crippen LogP) is 7.10. The molecule has 8 heteroatoms. The van der Waals surface area contributed by atoms with Crippen LogP contribution in [0.2, 0.25) is 20.1 Å². The molecule has 0 saturated heterocycles. The second-order valence-corrected chi connectivity index (χ2v) is 10.1. The van der Waals surface area contributed by atoms with Crippen LogP contribution in [-0.4, -0.2) is 28.8 Å². The SMILES string of the molecule is CCC(C(=O)NC1CCCCC1)N(Cc1ccc(Cl)cc1Cl)C(=O)Cc1ccc(Cl)c(Cl)c1. The summed E-state index contributed by atoms with van der Waals surface area (Å²) >= 11 is 24.6. The molecule has 0 aromatic heterocycles. The van der Waals surface area contributed by atoms with Gasteiger partial charge in [0.15, 0.2) is 0 Å². The molecule has 1 fully saturated rings. The highest BCUT2D eigenvalue weighted by Gasteiger charge is 2.30. The molecule has 1 N–H and O–H groups in total. The van der Waals surface area contributed by atoms with Gasteiger partial charge in [0.05, 0.1) is 16.5 Å². The van der Waals surface area contributed by atoms with Gasteiger partial charge < -0.3 is 10.2 Å². The molecule has 0 radical (unpaired) electrons. The van der Waals surface area contributed by atoms with Gasteiger partial charge in [0.25, 0.3) is 0 Å². The summed E-state index contributed by atoms with van der Waals surface area (Å²) < 4.78 is 0. The fourth-order valence-electron chi connectivity index (χ4n) is 4.22. The van der Waals surface area contributed by atoms with Gasteiger partial charge in [-0.2, -0.15) is 0 Å². The molecule has 33 heavy (non-hydrogen) atoms. The van der Waals surface area contributed by atoms with Crippen LogP contribution in [0.5, 0.6) is 0 Å². The average Bonchev–Trinajstić information content (AvgIpc) is 2.78. The van der Waals surface area contributed by atoms with Gasteiger partial charge >= 0.3 is 0 Å². The lowest BCUT2D eigenvalue weighted by Gasteiger charge is -2.33. The molecule has 0 heterocycles. The van der Waals surface area contributed by atoms with E-state index < -0.39 is 6.04 Å². The second kappa shape index (κ2) is 12.3. The van der Waals surface area contributed by atoms with Gasteiger partial charge in [-0.1, -0.05) is 84.7 Å². The van der Waals surface area contributed by atoms with E-state index in [0.717, 1.165) is 36.8 Å². The molecule has 1 aliphatic rings. The molecule has 1 unspecified atom stereocenters. The monoisotopic (exact) mass is 528 g/mol. The zero-order valence-corrected chi connectivity index (χ0v) is 21.6. The van der Waals surface area contributed by atoms with Crippen molar-refractivity contribution in [2.45, 2.75) is 70.5 Å². The number of rotatable bonds is 8. The van der Waals surface area contributed by atoms with Gasteiger partial charge in [-0.05, 0) is 54.7 Å². The number of nitrogens with one attached hydrogen (secondary N) is 1. The summed E-state index contributed by atoms with van der Waals surface area (Å²) in [4.78, 5) is 28.4. The number of hydrogen-bond acceptors (Lipinski definition) is 2. The summed E-state index contributed by atoms with van der Waals surface area (Å²) in [7, 11) is 0. The maximum absolute atomic E-state index is 13.5. The van der Waals surface area contributed by atoms with Crippen LogP contribution < -0.4 is 5.32 Å². The van der Waals surface area contributed by atoms with Gasteiger partial charge in [-0.3, -0.25) is 9.59 Å². The predicted molar refractivity (Wildman–Crippen MR) is 136 cm³/mol. The first-order valence-electron chi connectivity index (χ1n) is 11.3. The number of nitrogens with zero attached hydrogens (tertiary/aromatic N) is 1. The van der Waals surface area contributed by atoms with E-state index in [0.29, 0.717) is 26.5 Å². The Labute approximate surface area is 215 Å². The number of hydrogen-bond donors (Lipinski definition) is 1. The molecule has 2 aromatic carbocycles. The summed E-state index contributed by atoms with van der Waals surface area (Å²) in [5, 5.41) is 4.95. The normalized spacial score (nSPS) is 15.2. The smallest absolute Gasteiger partial charge is 0.243 e. The van der Waals surface area contributed by atoms with Gasteiger partial charge in [0.2, 0.25) is 11.8 Å². The van der Waals surface area contributed by atoms with E-state index in [2.05, 4.69) is 5.32 Å². The van der Waals surface area contributed by atoms with E-state index in [1.807, 2.05) is 6.92 Å². The first-order valence-corrected chi connectivity index (χ1v) is 12.8. The van der Waals surface area contributed by atoms with E-state index >= 15 is 0 Å². The molecule has 0 aliphatic heterocycles. The van der Waals surface area contributed by atoms with E-state index in [9.17, 15) is 9.59 Å². The Balaban J connectivity index is 1.85. The van der Waals surface area contributed by atoms with E-state index in [1.54, 1.807) is 41.3 Å². The molecular formula is C25H28Cl4N2O2. The van der Waals surface area contributed by atoms with Gasteiger partial charge in [0, 0.05) is 22.6 Å². The zero-order chi connectivity index (χ0) is 24.0. The first-order chi connectivity index (χ1) is 15.8. The number of halogens is 4. The molecule has 1 saturated carbocycles. The first kappa shape index (κ1) is 26.2. The van der Waals surface area contributed by atoms with Gasteiger partial charge in [-0.15, -0.1) is 0 Å². The Bertz CT molecular complexity index is 992. The molecule has 1 atom stereocenters. The molecule has 4 nitrogen and oxygen atoms in total. The zero-order valence-electron chi connectivity index (χ0n) is 18.6. The minimum absolute atomic E-state index is 0.0926. The van der Waals surface area contributed by atoms with E-state index in [-0.39, 0.29) is 30.8 Å². The molecule has 0 spiro atoms. The van der Waals surface area contributed by atoms with Crippen molar-refractivity contribution in [1.29, 1.82) is 0 Å². The van der Waals surface area contributed by atoms with Crippen LogP contribution >= 0.6 is 46.4 Å². The van der Waals surface area contributed by atoms with Crippen LogP contribution in [-0.2, 0) is 22.6 Å². The minimum Gasteiger partial charge on any atom is -0.352 e. The largest absolute Gasteiger partial charge is 0.352 e. The Morgan fingerprint density at radius 3 is 2.33 bits per heavy atom. The third-order valence-corrected chi connectivity index (χ3v) is 7.36. The van der Waals surface area contributed by atoms with Gasteiger partial charge in [-0.25, -0.2) is 0 Å². The highest BCUT2D eigenvalue weighted by atomic mass is 35.5. The molecule has 3 rings (SSSR count). The Morgan fingerprint density at radius 2 is 1.70 bits per heavy atom. The number of carbonyl (C=O) groups is 2. The van der Waals surface area contributed by atoms with Crippen LogP contribution in [0.4, 0.5) is 0 Å². The van der Waals surface area contributed by atoms with E-state index in [4.69, 9.17) is 46.4 Å². The number of benzene rings is 2. The molecule has 2 amide bonds. The van der Waals surface area contributed by atoms with Crippen LogP contribution in [0, 0.1) is 0 Å². The number of amides is 2. The maximum atomic E-state index is 13.5. The molecule has 2 aromatic rings. The molecule has 178 valence electrons. The summed E-state index contributed by atoms with van der Waals surface area (Å²) in [6.45, 7) is 2.11. The van der Waals surface area contributed by atoms with Crippen molar-refractivity contribution in [2.75, 3.05) is 0 Å². The van der Waals surface area contributed by atoms with Crippen molar-refractivity contribution in [2.24, 2.45) is 0 Å². The summed E-state index contributed by atoms with van der Waals surface area (Å²) in [5.41, 5.74) is 1.46. The van der Waals surface area contributed by atoms with Crippen molar-refractivity contribution in [3.05, 3.63) is 67.6 Å². The lowest BCUT2D eigenvalue weighted by molar-refractivity contribution is -0.141. The lowest BCUT2D eigenvalue weighted by atomic mass is 9.95. The van der Waals surface area contributed by atoms with Crippen LogP contribution in [0.15, 0.2) is 36.4 Å². The second-order valence-electron chi connectivity index (χ2n) is 8.45. The maximum Gasteiger partial charge on any atom is 0.243 e. The fourth-order valence-corrected chi connectivity index (χ4v) is 5.01. The topological polar surface area (TPSA) is 49.4 Å². The fraction of sp³-hybridized carbons (Fsp3) is 0.440. The Hall–Kier alpha value is -1.46. The van der Waals surface area contributed by atoms with E-state index in [1.165, 1.54) is 6.42 Å². The quantitative estimate of drug-likeness (QED) is 0.396. The van der Waals surface area contributed by atoms with Crippen LogP contribution in [0.3, 0.4) is 0 Å². The summed E-state index contributed by atoms with van der Waals surface area (Å²) in [5.74, 6) is -0.318. The molecule has 0 bridgehead atoms. The van der Waals surface area contributed by atoms with Crippen LogP contribution in [0.25, 0.3) is 0 Å².